The third-order valence-electron chi connectivity index (χ3n) is 9.18. The summed E-state index contributed by atoms with van der Waals surface area (Å²) < 4.78 is 7.45. The Bertz CT molecular complexity index is 1140. The van der Waals surface area contributed by atoms with E-state index in [0.717, 1.165) is 74.9 Å². The molecule has 0 spiro atoms. The fourth-order valence-electron chi connectivity index (χ4n) is 7.19. The molecule has 2 bridgehead atoms. The highest BCUT2D eigenvalue weighted by Gasteiger charge is 2.50. The largest absolute Gasteiger partial charge is 0.390 e. The van der Waals surface area contributed by atoms with Crippen LogP contribution >= 0.6 is 0 Å². The number of nitrogens with zero attached hydrogens (tertiary/aromatic N) is 3. The van der Waals surface area contributed by atoms with Crippen LogP contribution in [0.4, 0.5) is 11.5 Å². The lowest BCUT2D eigenvalue weighted by Crippen LogP contribution is -2.44. The second-order valence-corrected chi connectivity index (χ2v) is 11.3. The minimum atomic E-state index is -0.725. The van der Waals surface area contributed by atoms with Gasteiger partial charge in [-0.2, -0.15) is 5.10 Å². The van der Waals surface area contributed by atoms with Crippen molar-refractivity contribution >= 4 is 35.1 Å². The Balaban J connectivity index is 1.25. The predicted octanol–water partition coefficient (Wildman–Crippen LogP) is 2.47. The number of aliphatic hydroxyl groups is 1. The van der Waals surface area contributed by atoms with Crippen LogP contribution in [0.5, 0.6) is 0 Å². The highest BCUT2D eigenvalue weighted by molar-refractivity contribution is 6.39. The van der Waals surface area contributed by atoms with Crippen molar-refractivity contribution in [3.8, 4) is 0 Å². The van der Waals surface area contributed by atoms with Crippen LogP contribution in [0.2, 0.25) is 0 Å². The van der Waals surface area contributed by atoms with E-state index in [1.807, 2.05) is 10.9 Å². The lowest BCUT2D eigenvalue weighted by atomic mass is 9.73. The summed E-state index contributed by atoms with van der Waals surface area (Å²) in [7, 11) is 1.71. The molecule has 3 fully saturated rings. The van der Waals surface area contributed by atoms with Gasteiger partial charge in [-0.05, 0) is 69.6 Å². The number of aromatic nitrogens is 2. The minimum Gasteiger partial charge on any atom is -0.390 e. The fraction of sp³-hybridized carbons (Fsp3) is 0.692. The van der Waals surface area contributed by atoms with Gasteiger partial charge in [-0.3, -0.25) is 30.4 Å². The van der Waals surface area contributed by atoms with Gasteiger partial charge in [0.05, 0.1) is 23.4 Å². The average Bonchev–Trinajstić information content (AvgIpc) is 3.59. The third-order valence-corrected chi connectivity index (χ3v) is 9.18. The number of aliphatic imine (C=N–C) groups is 1. The van der Waals surface area contributed by atoms with Crippen LogP contribution in [0.25, 0.3) is 5.57 Å². The molecule has 2 unspecified atom stereocenters. The highest BCUT2D eigenvalue weighted by atomic mass is 16.5. The first-order valence-electron chi connectivity index (χ1n) is 13.7. The average molecular weight is 512 g/mol. The van der Waals surface area contributed by atoms with E-state index in [0.29, 0.717) is 29.8 Å². The molecule has 200 valence electrons. The topological polar surface area (TPSA) is 142 Å². The van der Waals surface area contributed by atoms with Crippen LogP contribution < -0.4 is 21.5 Å². The molecule has 5 N–H and O–H groups in total. The summed E-state index contributed by atoms with van der Waals surface area (Å²) in [6.07, 6.45) is 10.4. The van der Waals surface area contributed by atoms with Crippen molar-refractivity contribution in [3.63, 3.8) is 0 Å². The Labute approximate surface area is 216 Å². The maximum Gasteiger partial charge on any atom is 0.314 e. The van der Waals surface area contributed by atoms with Crippen molar-refractivity contribution in [2.45, 2.75) is 94.9 Å². The molecule has 3 heterocycles. The second-order valence-electron chi connectivity index (χ2n) is 11.3. The Hall–Kier alpha value is -2.92. The molecule has 1 aromatic heterocycles. The summed E-state index contributed by atoms with van der Waals surface area (Å²) in [6.45, 7) is 2.06. The molecule has 6 rings (SSSR count). The molecule has 0 aromatic carbocycles. The molecule has 1 aromatic rings. The predicted molar refractivity (Wildman–Crippen MR) is 139 cm³/mol. The zero-order chi connectivity index (χ0) is 25.7. The van der Waals surface area contributed by atoms with E-state index in [-0.39, 0.29) is 18.2 Å². The smallest absolute Gasteiger partial charge is 0.314 e. The summed E-state index contributed by atoms with van der Waals surface area (Å²) in [5, 5.41) is 21.6. The van der Waals surface area contributed by atoms with Crippen molar-refractivity contribution in [1.29, 1.82) is 0 Å². The van der Waals surface area contributed by atoms with Gasteiger partial charge in [-0.25, -0.2) is 4.99 Å². The molecule has 3 aliphatic carbocycles. The quantitative estimate of drug-likeness (QED) is 0.382. The maximum absolute atomic E-state index is 13.0. The van der Waals surface area contributed by atoms with Crippen molar-refractivity contribution < 1.29 is 19.4 Å². The van der Waals surface area contributed by atoms with Gasteiger partial charge in [0.25, 0.3) is 0 Å². The molecular formula is C26H37N7O4. The van der Waals surface area contributed by atoms with Gasteiger partial charge >= 0.3 is 11.8 Å². The normalized spacial score (nSPS) is 33.9. The van der Waals surface area contributed by atoms with Gasteiger partial charge in [0, 0.05) is 31.4 Å². The number of anilines is 2. The molecule has 0 radical (unpaired) electrons. The molecule has 5 aliphatic rings. The first-order valence-corrected chi connectivity index (χ1v) is 13.7. The monoisotopic (exact) mass is 511 g/mol. The number of rotatable bonds is 5. The Morgan fingerprint density at radius 1 is 1.14 bits per heavy atom. The van der Waals surface area contributed by atoms with Gasteiger partial charge in [0.1, 0.15) is 11.5 Å². The van der Waals surface area contributed by atoms with Gasteiger partial charge in [0.2, 0.25) is 0 Å². The number of hydrogen-bond acceptors (Lipinski definition) is 8. The summed E-state index contributed by atoms with van der Waals surface area (Å²) in [4.78, 5) is 30.2. The molecule has 2 aliphatic heterocycles. The lowest BCUT2D eigenvalue weighted by Gasteiger charge is -2.41. The summed E-state index contributed by atoms with van der Waals surface area (Å²) in [5.74, 6) is 0.329. The maximum atomic E-state index is 13.0. The van der Waals surface area contributed by atoms with Gasteiger partial charge in [-0.1, -0.05) is 6.92 Å². The van der Waals surface area contributed by atoms with Crippen molar-refractivity contribution in [2.24, 2.45) is 16.8 Å². The lowest BCUT2D eigenvalue weighted by molar-refractivity contribution is -0.136. The van der Waals surface area contributed by atoms with Gasteiger partial charge in [0.15, 0.2) is 5.82 Å². The number of hydrogen-bond donors (Lipinski definition) is 5. The second kappa shape index (κ2) is 9.43. The third kappa shape index (κ3) is 4.31. The number of carbonyl (C=O) groups is 2. The number of methoxy groups -OCH3 is 1. The van der Waals surface area contributed by atoms with Crippen molar-refractivity contribution in [2.75, 3.05) is 17.9 Å². The molecule has 11 nitrogen and oxygen atoms in total. The zero-order valence-corrected chi connectivity index (χ0v) is 21.5. The number of nitrogens with one attached hydrogen (secondary N) is 4. The van der Waals surface area contributed by atoms with E-state index in [9.17, 15) is 14.7 Å². The number of carbonyl (C=O) groups excluding carboxylic acids is 2. The Morgan fingerprint density at radius 3 is 2.54 bits per heavy atom. The summed E-state index contributed by atoms with van der Waals surface area (Å²) in [5.41, 5.74) is 8.24. The number of amides is 2. The van der Waals surface area contributed by atoms with E-state index >= 15 is 0 Å². The highest BCUT2D eigenvalue weighted by Crippen LogP contribution is 2.55. The molecule has 37 heavy (non-hydrogen) atoms. The summed E-state index contributed by atoms with van der Waals surface area (Å²) in [6, 6.07) is 0.0970. The van der Waals surface area contributed by atoms with Crippen LogP contribution in [-0.2, 0) is 14.3 Å². The van der Waals surface area contributed by atoms with E-state index in [4.69, 9.17) is 9.84 Å². The van der Waals surface area contributed by atoms with E-state index in [1.165, 1.54) is 0 Å². The molecule has 11 heteroatoms. The van der Waals surface area contributed by atoms with E-state index in [2.05, 4.69) is 33.4 Å². The van der Waals surface area contributed by atoms with Crippen LogP contribution in [0.3, 0.4) is 0 Å². The van der Waals surface area contributed by atoms with Gasteiger partial charge < -0.3 is 15.2 Å². The first kappa shape index (κ1) is 24.4. The van der Waals surface area contributed by atoms with Crippen molar-refractivity contribution in [1.82, 2.24) is 20.5 Å². The van der Waals surface area contributed by atoms with Crippen LogP contribution in [0.1, 0.15) is 82.9 Å². The first-order chi connectivity index (χ1) is 17.9. The number of allylic oxidation sites excluding steroid dienone is 1. The number of hydrazine groups is 1. The zero-order valence-electron chi connectivity index (χ0n) is 21.5. The minimum absolute atomic E-state index is 0.0329. The molecule has 2 atom stereocenters. The number of ether oxygens (including phenoxy) is 1. The van der Waals surface area contributed by atoms with Crippen LogP contribution in [-0.4, -0.2) is 57.8 Å². The van der Waals surface area contributed by atoms with Gasteiger partial charge in [-0.15, -0.1) is 0 Å². The number of fused-ring (bicyclic) bond motifs is 4. The molecule has 3 saturated carbocycles. The van der Waals surface area contributed by atoms with E-state index < -0.39 is 17.4 Å². The molecule has 2 amide bonds. The Morgan fingerprint density at radius 2 is 1.86 bits per heavy atom. The van der Waals surface area contributed by atoms with Crippen molar-refractivity contribution in [3.05, 3.63) is 11.5 Å². The SMILES string of the molecule is CCC1(O)CC2CCC(C1)C2n1nc(NC(=O)C(=O)NC2CCC(OC)CC2)c2c1C1=C(N=CC1)NN2. The Kier molecular flexibility index (Phi) is 6.22. The van der Waals surface area contributed by atoms with Crippen LogP contribution in [0, 0.1) is 11.8 Å². The standard InChI is InChI=1S/C26H37N7O4/c1-3-26(36)12-14-4-5-15(13-26)20(14)33-21-18-10-11-27-22(18)31-30-19(21)23(32-33)29-25(35)24(34)28-16-6-8-17(37-2)9-7-16/h11,14-17,20,30-31,36H,3-10,12-13H2,1-2H3,(H,28,34)(H,29,32,35). The molecule has 0 saturated heterocycles. The van der Waals surface area contributed by atoms with E-state index in [1.54, 1.807) is 7.11 Å². The summed E-state index contributed by atoms with van der Waals surface area (Å²) >= 11 is 0. The van der Waals surface area contributed by atoms with Crippen LogP contribution in [0.15, 0.2) is 10.8 Å². The molecular weight excluding hydrogens is 474 g/mol. The fourth-order valence-corrected chi connectivity index (χ4v) is 7.19.